The molecule has 1 fully saturated rings. The Labute approximate surface area is 133 Å². The fraction of sp³-hybridized carbons (Fsp3) is 0.611. The van der Waals surface area contributed by atoms with Crippen molar-refractivity contribution < 1.29 is 4.42 Å². The first-order valence-corrected chi connectivity index (χ1v) is 8.51. The number of nitrogens with zero attached hydrogens (tertiary/aromatic N) is 3. The van der Waals surface area contributed by atoms with Gasteiger partial charge in [0.05, 0.1) is 18.0 Å². The number of hydrogen-bond donors (Lipinski definition) is 0. The van der Waals surface area contributed by atoms with E-state index in [1.54, 1.807) is 6.26 Å². The molecule has 3 heterocycles. The Morgan fingerprint density at radius 3 is 2.82 bits per heavy atom. The van der Waals surface area contributed by atoms with E-state index in [9.17, 15) is 0 Å². The van der Waals surface area contributed by atoms with Gasteiger partial charge in [0.25, 0.3) is 0 Å². The quantitative estimate of drug-likeness (QED) is 0.847. The van der Waals surface area contributed by atoms with E-state index < -0.39 is 0 Å². The number of aryl methyl sites for hydroxylation is 2. The molecule has 1 unspecified atom stereocenters. The highest BCUT2D eigenvalue weighted by Gasteiger charge is 2.26. The van der Waals surface area contributed by atoms with E-state index in [1.165, 1.54) is 42.6 Å². The molecule has 0 aromatic carbocycles. The van der Waals surface area contributed by atoms with Crippen molar-refractivity contribution in [3.8, 4) is 0 Å². The van der Waals surface area contributed by atoms with Crippen LogP contribution < -0.4 is 0 Å². The SMILES string of the molecule is CCn1nc(C)c(CN2CCCCCC2c2ccco2)c1C. The van der Waals surface area contributed by atoms with Gasteiger partial charge in [-0.1, -0.05) is 12.8 Å². The van der Waals surface area contributed by atoms with Crippen LogP contribution in [0.2, 0.25) is 0 Å². The minimum Gasteiger partial charge on any atom is -0.468 e. The second kappa shape index (κ2) is 6.69. The zero-order chi connectivity index (χ0) is 15.5. The van der Waals surface area contributed by atoms with Crippen LogP contribution >= 0.6 is 0 Å². The predicted molar refractivity (Wildman–Crippen MR) is 87.7 cm³/mol. The van der Waals surface area contributed by atoms with Gasteiger partial charge < -0.3 is 4.42 Å². The smallest absolute Gasteiger partial charge is 0.120 e. The Kier molecular flexibility index (Phi) is 4.67. The summed E-state index contributed by atoms with van der Waals surface area (Å²) in [5.74, 6) is 1.11. The lowest BCUT2D eigenvalue weighted by Crippen LogP contribution is -2.28. The summed E-state index contributed by atoms with van der Waals surface area (Å²) in [7, 11) is 0. The Balaban J connectivity index is 1.86. The molecule has 1 aliphatic heterocycles. The Bertz CT molecular complexity index is 600. The van der Waals surface area contributed by atoms with Crippen molar-refractivity contribution in [3.63, 3.8) is 0 Å². The van der Waals surface area contributed by atoms with E-state index in [1.807, 2.05) is 6.07 Å². The van der Waals surface area contributed by atoms with Crippen molar-refractivity contribution >= 4 is 0 Å². The van der Waals surface area contributed by atoms with Crippen molar-refractivity contribution in [1.29, 1.82) is 0 Å². The van der Waals surface area contributed by atoms with Gasteiger partial charge >= 0.3 is 0 Å². The van der Waals surface area contributed by atoms with E-state index >= 15 is 0 Å². The maximum atomic E-state index is 5.72. The van der Waals surface area contributed by atoms with Gasteiger partial charge in [-0.25, -0.2) is 0 Å². The summed E-state index contributed by atoms with van der Waals surface area (Å²) >= 11 is 0. The summed E-state index contributed by atoms with van der Waals surface area (Å²) in [4.78, 5) is 2.59. The largest absolute Gasteiger partial charge is 0.468 e. The van der Waals surface area contributed by atoms with E-state index in [0.29, 0.717) is 6.04 Å². The van der Waals surface area contributed by atoms with Crippen LogP contribution in [0.25, 0.3) is 0 Å². The summed E-state index contributed by atoms with van der Waals surface area (Å²) in [5.41, 5.74) is 3.87. The van der Waals surface area contributed by atoms with Crippen LogP contribution in [0.5, 0.6) is 0 Å². The Hall–Kier alpha value is -1.55. The normalized spacial score (nSPS) is 20.2. The van der Waals surface area contributed by atoms with E-state index in [0.717, 1.165) is 25.4 Å². The number of hydrogen-bond acceptors (Lipinski definition) is 3. The zero-order valence-electron chi connectivity index (χ0n) is 14.0. The predicted octanol–water partition coefficient (Wildman–Crippen LogP) is 4.23. The summed E-state index contributed by atoms with van der Waals surface area (Å²) < 4.78 is 7.84. The molecule has 1 saturated heterocycles. The van der Waals surface area contributed by atoms with Crippen LogP contribution in [-0.4, -0.2) is 21.2 Å². The highest BCUT2D eigenvalue weighted by atomic mass is 16.3. The molecular formula is C18H27N3O. The van der Waals surface area contributed by atoms with Crippen LogP contribution in [0.1, 0.15) is 61.4 Å². The van der Waals surface area contributed by atoms with Crippen LogP contribution in [-0.2, 0) is 13.1 Å². The minimum atomic E-state index is 0.404. The van der Waals surface area contributed by atoms with Crippen molar-refractivity contribution in [1.82, 2.24) is 14.7 Å². The lowest BCUT2D eigenvalue weighted by Gasteiger charge is -2.28. The number of furan rings is 1. The Morgan fingerprint density at radius 1 is 1.27 bits per heavy atom. The average molecular weight is 301 g/mol. The first kappa shape index (κ1) is 15.3. The highest BCUT2D eigenvalue weighted by molar-refractivity contribution is 5.25. The van der Waals surface area contributed by atoms with Crippen LogP contribution in [0.4, 0.5) is 0 Å². The van der Waals surface area contributed by atoms with Gasteiger partial charge in [-0.15, -0.1) is 0 Å². The van der Waals surface area contributed by atoms with Crippen molar-refractivity contribution in [3.05, 3.63) is 41.1 Å². The highest BCUT2D eigenvalue weighted by Crippen LogP contribution is 2.32. The molecule has 0 aliphatic carbocycles. The monoisotopic (exact) mass is 301 g/mol. The molecule has 2 aromatic heterocycles. The second-order valence-corrected chi connectivity index (χ2v) is 6.32. The molecule has 3 rings (SSSR count). The molecule has 0 radical (unpaired) electrons. The molecule has 4 heteroatoms. The molecule has 0 bridgehead atoms. The summed E-state index contributed by atoms with van der Waals surface area (Å²) in [6, 6.07) is 4.53. The molecular weight excluding hydrogens is 274 g/mol. The first-order valence-electron chi connectivity index (χ1n) is 8.51. The van der Waals surface area contributed by atoms with Crippen molar-refractivity contribution in [2.24, 2.45) is 0 Å². The molecule has 1 aliphatic rings. The molecule has 0 N–H and O–H groups in total. The van der Waals surface area contributed by atoms with E-state index in [2.05, 4.69) is 41.5 Å². The molecule has 0 amide bonds. The number of rotatable bonds is 4. The third-order valence-corrected chi connectivity index (χ3v) is 4.93. The van der Waals surface area contributed by atoms with Crippen LogP contribution in [0, 0.1) is 13.8 Å². The molecule has 0 spiro atoms. The third-order valence-electron chi connectivity index (χ3n) is 4.93. The van der Waals surface area contributed by atoms with Gasteiger partial charge in [-0.2, -0.15) is 5.10 Å². The molecule has 22 heavy (non-hydrogen) atoms. The lowest BCUT2D eigenvalue weighted by atomic mass is 10.1. The summed E-state index contributed by atoms with van der Waals surface area (Å²) in [6.45, 7) is 9.53. The maximum absolute atomic E-state index is 5.72. The topological polar surface area (TPSA) is 34.2 Å². The fourth-order valence-corrected chi connectivity index (χ4v) is 3.63. The number of likely N-dealkylation sites (tertiary alicyclic amines) is 1. The third kappa shape index (κ3) is 2.98. The first-order chi connectivity index (χ1) is 10.7. The average Bonchev–Trinajstić information content (AvgIpc) is 3.06. The van der Waals surface area contributed by atoms with Crippen molar-refractivity contribution in [2.45, 2.75) is 65.6 Å². The fourth-order valence-electron chi connectivity index (χ4n) is 3.63. The maximum Gasteiger partial charge on any atom is 0.120 e. The van der Waals surface area contributed by atoms with Gasteiger partial charge in [-0.05, 0) is 52.3 Å². The van der Waals surface area contributed by atoms with E-state index in [-0.39, 0.29) is 0 Å². The molecule has 4 nitrogen and oxygen atoms in total. The van der Waals surface area contributed by atoms with Crippen molar-refractivity contribution in [2.75, 3.05) is 6.54 Å². The van der Waals surface area contributed by atoms with E-state index in [4.69, 9.17) is 4.42 Å². The minimum absolute atomic E-state index is 0.404. The van der Waals surface area contributed by atoms with Crippen LogP contribution in [0.3, 0.4) is 0 Å². The zero-order valence-corrected chi connectivity index (χ0v) is 14.0. The molecule has 2 aromatic rings. The molecule has 120 valence electrons. The molecule has 0 saturated carbocycles. The van der Waals surface area contributed by atoms with Gasteiger partial charge in [0.15, 0.2) is 0 Å². The van der Waals surface area contributed by atoms with Gasteiger partial charge in [-0.3, -0.25) is 9.58 Å². The standard InChI is InChI=1S/C18H27N3O/c1-4-21-15(3)16(14(2)19-21)13-20-11-7-5-6-9-17(20)18-10-8-12-22-18/h8,10,12,17H,4-7,9,11,13H2,1-3H3. The van der Waals surface area contributed by atoms with Gasteiger partial charge in [0, 0.05) is 24.3 Å². The summed E-state index contributed by atoms with van der Waals surface area (Å²) in [5, 5.41) is 4.67. The second-order valence-electron chi connectivity index (χ2n) is 6.32. The molecule has 1 atom stereocenters. The number of aromatic nitrogens is 2. The summed E-state index contributed by atoms with van der Waals surface area (Å²) in [6.07, 6.45) is 6.86. The lowest BCUT2D eigenvalue weighted by molar-refractivity contribution is 0.169. The van der Waals surface area contributed by atoms with Crippen LogP contribution in [0.15, 0.2) is 22.8 Å². The Morgan fingerprint density at radius 2 is 2.14 bits per heavy atom. The van der Waals surface area contributed by atoms with Gasteiger partial charge in [0.1, 0.15) is 5.76 Å². The van der Waals surface area contributed by atoms with Gasteiger partial charge in [0.2, 0.25) is 0 Å².